The number of aromatic nitrogens is 4. The highest BCUT2D eigenvalue weighted by atomic mass is 32.2. The molecule has 1 aromatic carbocycles. The van der Waals surface area contributed by atoms with Crippen LogP contribution in [0, 0.1) is 0 Å². The number of nitrogens with one attached hydrogen (secondary N) is 1. The second-order valence-corrected chi connectivity index (χ2v) is 5.97. The van der Waals surface area contributed by atoms with Crippen molar-refractivity contribution in [2.24, 2.45) is 0 Å². The largest absolute Gasteiger partial charge is 0.294 e. The highest BCUT2D eigenvalue weighted by Crippen LogP contribution is 2.18. The standard InChI is InChI=1S/C17H15N5O2S/c1-2-10-22-15(24)12-6-3-4-7-13(12)20-17(22)25-11-14(23)21-16-18-8-5-9-19-16/h2-9H,1,10-11H2,(H,18,19,21,23). The number of rotatable bonds is 6. The maximum absolute atomic E-state index is 12.6. The Morgan fingerprint density at radius 3 is 2.76 bits per heavy atom. The molecule has 0 radical (unpaired) electrons. The van der Waals surface area contributed by atoms with Gasteiger partial charge in [0.1, 0.15) is 0 Å². The van der Waals surface area contributed by atoms with Crippen molar-refractivity contribution in [1.29, 1.82) is 0 Å². The van der Waals surface area contributed by atoms with Crippen LogP contribution in [-0.2, 0) is 11.3 Å². The normalized spacial score (nSPS) is 10.6. The van der Waals surface area contributed by atoms with E-state index >= 15 is 0 Å². The molecular formula is C17H15N5O2S. The smallest absolute Gasteiger partial charge is 0.262 e. The van der Waals surface area contributed by atoms with Crippen LogP contribution in [0.1, 0.15) is 0 Å². The van der Waals surface area contributed by atoms with Crippen molar-refractivity contribution >= 4 is 34.5 Å². The lowest BCUT2D eigenvalue weighted by atomic mass is 10.2. The average Bonchev–Trinajstić information content (AvgIpc) is 2.63. The maximum atomic E-state index is 12.6. The molecule has 2 heterocycles. The lowest BCUT2D eigenvalue weighted by molar-refractivity contribution is -0.113. The van der Waals surface area contributed by atoms with Crippen molar-refractivity contribution in [2.45, 2.75) is 11.7 Å². The molecule has 0 saturated heterocycles. The fourth-order valence-corrected chi connectivity index (χ4v) is 3.01. The van der Waals surface area contributed by atoms with Gasteiger partial charge in [-0.1, -0.05) is 30.0 Å². The lowest BCUT2D eigenvalue weighted by Crippen LogP contribution is -2.24. The fraction of sp³-hybridized carbons (Fsp3) is 0.118. The molecule has 0 aliphatic heterocycles. The maximum Gasteiger partial charge on any atom is 0.262 e. The van der Waals surface area contributed by atoms with Crippen molar-refractivity contribution in [1.82, 2.24) is 19.5 Å². The van der Waals surface area contributed by atoms with Crippen molar-refractivity contribution in [3.05, 3.63) is 65.7 Å². The van der Waals surface area contributed by atoms with E-state index in [1.807, 2.05) is 6.07 Å². The summed E-state index contributed by atoms with van der Waals surface area (Å²) in [5, 5.41) is 3.60. The molecule has 0 saturated carbocycles. The van der Waals surface area contributed by atoms with Crippen molar-refractivity contribution in [2.75, 3.05) is 11.1 Å². The summed E-state index contributed by atoms with van der Waals surface area (Å²) >= 11 is 1.18. The van der Waals surface area contributed by atoms with Crippen LogP contribution in [0.25, 0.3) is 10.9 Å². The molecular weight excluding hydrogens is 338 g/mol. The number of allylic oxidation sites excluding steroid dienone is 1. The molecule has 126 valence electrons. The third kappa shape index (κ3) is 3.92. The molecule has 2 aromatic heterocycles. The van der Waals surface area contributed by atoms with E-state index in [2.05, 4.69) is 26.8 Å². The number of anilines is 1. The molecule has 7 nitrogen and oxygen atoms in total. The third-order valence-corrected chi connectivity index (χ3v) is 4.26. The first-order valence-corrected chi connectivity index (χ1v) is 8.47. The lowest BCUT2D eigenvalue weighted by Gasteiger charge is -2.11. The van der Waals surface area contributed by atoms with Gasteiger partial charge in [0.25, 0.3) is 5.56 Å². The van der Waals surface area contributed by atoms with Gasteiger partial charge in [0.05, 0.1) is 16.7 Å². The minimum atomic E-state index is -0.274. The van der Waals surface area contributed by atoms with Gasteiger partial charge in [-0.15, -0.1) is 6.58 Å². The van der Waals surface area contributed by atoms with E-state index in [0.29, 0.717) is 22.6 Å². The summed E-state index contributed by atoms with van der Waals surface area (Å²) in [5.74, 6) is 0.0482. The Bertz CT molecular complexity index is 972. The molecule has 0 aliphatic carbocycles. The number of nitrogens with zero attached hydrogens (tertiary/aromatic N) is 4. The van der Waals surface area contributed by atoms with Gasteiger partial charge in [0.2, 0.25) is 11.9 Å². The number of amides is 1. The van der Waals surface area contributed by atoms with Crippen LogP contribution in [0.2, 0.25) is 0 Å². The number of benzene rings is 1. The van der Waals surface area contributed by atoms with Gasteiger partial charge in [0.15, 0.2) is 5.16 Å². The van der Waals surface area contributed by atoms with Crippen LogP contribution in [0.3, 0.4) is 0 Å². The number of hydrogen-bond donors (Lipinski definition) is 1. The topological polar surface area (TPSA) is 89.8 Å². The highest BCUT2D eigenvalue weighted by molar-refractivity contribution is 7.99. The average molecular weight is 353 g/mol. The molecule has 1 N–H and O–H groups in total. The molecule has 0 unspecified atom stereocenters. The Kier molecular flexibility index (Phi) is 5.20. The summed E-state index contributed by atoms with van der Waals surface area (Å²) in [6, 6.07) is 8.79. The first-order chi connectivity index (χ1) is 12.2. The minimum Gasteiger partial charge on any atom is -0.294 e. The van der Waals surface area contributed by atoms with E-state index in [-0.39, 0.29) is 23.2 Å². The molecule has 0 aliphatic rings. The van der Waals surface area contributed by atoms with Crippen molar-refractivity contribution < 1.29 is 4.79 Å². The van der Waals surface area contributed by atoms with Crippen LogP contribution >= 0.6 is 11.8 Å². The number of carbonyl (C=O) groups excluding carboxylic acids is 1. The van der Waals surface area contributed by atoms with Gasteiger partial charge < -0.3 is 0 Å². The quantitative estimate of drug-likeness (QED) is 0.415. The summed E-state index contributed by atoms with van der Waals surface area (Å²) in [5.41, 5.74) is 0.446. The number of hydrogen-bond acceptors (Lipinski definition) is 6. The Balaban J connectivity index is 1.82. The minimum absolute atomic E-state index is 0.0835. The zero-order valence-electron chi connectivity index (χ0n) is 13.3. The van der Waals surface area contributed by atoms with Gasteiger partial charge in [0, 0.05) is 18.9 Å². The zero-order chi connectivity index (χ0) is 17.6. The monoisotopic (exact) mass is 353 g/mol. The summed E-state index contributed by atoms with van der Waals surface area (Å²) in [6.45, 7) is 4.00. The van der Waals surface area contributed by atoms with Crippen LogP contribution < -0.4 is 10.9 Å². The summed E-state index contributed by atoms with van der Waals surface area (Å²) in [7, 11) is 0. The van der Waals surface area contributed by atoms with Gasteiger partial charge in [-0.3, -0.25) is 19.5 Å². The number of para-hydroxylation sites is 1. The van der Waals surface area contributed by atoms with E-state index in [1.165, 1.54) is 16.3 Å². The van der Waals surface area contributed by atoms with Crippen LogP contribution in [-0.4, -0.2) is 31.2 Å². The van der Waals surface area contributed by atoms with Crippen LogP contribution in [0.15, 0.2) is 65.3 Å². The second-order valence-electron chi connectivity index (χ2n) is 5.03. The van der Waals surface area contributed by atoms with Gasteiger partial charge >= 0.3 is 0 Å². The third-order valence-electron chi connectivity index (χ3n) is 3.29. The second kappa shape index (κ2) is 7.71. The number of fused-ring (bicyclic) bond motifs is 1. The molecule has 3 aromatic rings. The SMILES string of the molecule is C=CCn1c(SCC(=O)Nc2ncccn2)nc2ccccc2c1=O. The predicted molar refractivity (Wildman–Crippen MR) is 97.6 cm³/mol. The van der Waals surface area contributed by atoms with Crippen LogP contribution in [0.4, 0.5) is 5.95 Å². The van der Waals surface area contributed by atoms with Crippen molar-refractivity contribution in [3.8, 4) is 0 Å². The molecule has 0 atom stereocenters. The predicted octanol–water partition coefficient (Wildman–Crippen LogP) is 2.10. The van der Waals surface area contributed by atoms with E-state index in [0.717, 1.165) is 0 Å². The van der Waals surface area contributed by atoms with E-state index in [1.54, 1.807) is 42.7 Å². The van der Waals surface area contributed by atoms with Crippen LogP contribution in [0.5, 0.6) is 0 Å². The Morgan fingerprint density at radius 2 is 2.00 bits per heavy atom. The molecule has 3 rings (SSSR count). The van der Waals surface area contributed by atoms with E-state index in [9.17, 15) is 9.59 Å². The fourth-order valence-electron chi connectivity index (χ4n) is 2.20. The van der Waals surface area contributed by atoms with Crippen molar-refractivity contribution in [3.63, 3.8) is 0 Å². The number of carbonyl (C=O) groups is 1. The van der Waals surface area contributed by atoms with E-state index in [4.69, 9.17) is 0 Å². The summed E-state index contributed by atoms with van der Waals surface area (Å²) in [4.78, 5) is 37.1. The van der Waals surface area contributed by atoms with Gasteiger partial charge in [-0.05, 0) is 18.2 Å². The molecule has 25 heavy (non-hydrogen) atoms. The van der Waals surface area contributed by atoms with E-state index < -0.39 is 0 Å². The van der Waals surface area contributed by atoms with Gasteiger partial charge in [-0.25, -0.2) is 15.0 Å². The summed E-state index contributed by atoms with van der Waals surface area (Å²) < 4.78 is 1.51. The first-order valence-electron chi connectivity index (χ1n) is 7.49. The first kappa shape index (κ1) is 16.8. The Morgan fingerprint density at radius 1 is 1.24 bits per heavy atom. The molecule has 0 spiro atoms. The summed E-state index contributed by atoms with van der Waals surface area (Å²) in [6.07, 6.45) is 4.71. The Labute approximate surface area is 147 Å². The molecule has 0 fully saturated rings. The highest BCUT2D eigenvalue weighted by Gasteiger charge is 2.13. The molecule has 8 heteroatoms. The molecule has 1 amide bonds. The molecule has 0 bridgehead atoms. The zero-order valence-corrected chi connectivity index (χ0v) is 14.1. The Hall–Kier alpha value is -3.00. The van der Waals surface area contributed by atoms with Gasteiger partial charge in [-0.2, -0.15) is 0 Å². The number of thioether (sulfide) groups is 1.